The van der Waals surface area contributed by atoms with Crippen LogP contribution in [0, 0.1) is 17.8 Å². The van der Waals surface area contributed by atoms with E-state index in [1.165, 1.54) is 0 Å². The molecule has 0 spiro atoms. The van der Waals surface area contributed by atoms with Crippen LogP contribution in [0.4, 0.5) is 8.78 Å². The van der Waals surface area contributed by atoms with Crippen LogP contribution in [-0.2, 0) is 10.4 Å². The van der Waals surface area contributed by atoms with Crippen LogP contribution in [0.2, 0.25) is 0 Å². The molecule has 1 saturated carbocycles. The number of halogens is 2. The highest BCUT2D eigenvalue weighted by Crippen LogP contribution is 2.48. The normalized spacial score (nSPS) is 32.6. The summed E-state index contributed by atoms with van der Waals surface area (Å²) in [7, 11) is 0. The minimum atomic E-state index is -2.81. The molecule has 6 heteroatoms. The van der Waals surface area contributed by atoms with Crippen molar-refractivity contribution < 1.29 is 18.7 Å². The molecule has 3 aliphatic rings. The molecule has 2 heterocycles. The zero-order valence-electron chi connectivity index (χ0n) is 15.5. The first-order valence-corrected chi connectivity index (χ1v) is 10.1. The Labute approximate surface area is 158 Å². The summed E-state index contributed by atoms with van der Waals surface area (Å²) < 4.78 is 27.8. The summed E-state index contributed by atoms with van der Waals surface area (Å²) in [6.07, 6.45) is 1.60. The van der Waals surface area contributed by atoms with Crippen LogP contribution in [0.3, 0.4) is 0 Å². The molecule has 1 aliphatic carbocycles. The van der Waals surface area contributed by atoms with E-state index in [2.05, 4.69) is 5.32 Å². The molecule has 0 aromatic heterocycles. The van der Waals surface area contributed by atoms with Crippen molar-refractivity contribution in [1.29, 1.82) is 0 Å². The third-order valence-electron chi connectivity index (χ3n) is 6.73. The van der Waals surface area contributed by atoms with Gasteiger partial charge in [-0.25, -0.2) is 8.78 Å². The van der Waals surface area contributed by atoms with Crippen molar-refractivity contribution in [1.82, 2.24) is 10.2 Å². The maximum absolute atomic E-state index is 13.9. The first kappa shape index (κ1) is 18.8. The van der Waals surface area contributed by atoms with E-state index in [1.807, 2.05) is 0 Å². The summed E-state index contributed by atoms with van der Waals surface area (Å²) in [4.78, 5) is 15.2. The molecule has 4 rings (SSSR count). The molecule has 0 radical (unpaired) electrons. The minimum absolute atomic E-state index is 0.159. The summed E-state index contributed by atoms with van der Waals surface area (Å²) in [6, 6.07) is 8.67. The van der Waals surface area contributed by atoms with Gasteiger partial charge in [0, 0.05) is 31.8 Å². The molecule has 4 atom stereocenters. The van der Waals surface area contributed by atoms with Crippen LogP contribution in [0.25, 0.3) is 0 Å². The summed E-state index contributed by atoms with van der Waals surface area (Å²) in [5, 5.41) is 15.0. The van der Waals surface area contributed by atoms with Gasteiger partial charge in [-0.1, -0.05) is 30.3 Å². The summed E-state index contributed by atoms with van der Waals surface area (Å²) in [6.45, 7) is 3.09. The molecule has 1 amide bonds. The lowest BCUT2D eigenvalue weighted by atomic mass is 9.79. The second-order valence-electron chi connectivity index (χ2n) is 8.50. The van der Waals surface area contributed by atoms with Crippen molar-refractivity contribution in [3.05, 3.63) is 35.9 Å². The topological polar surface area (TPSA) is 52.6 Å². The number of alkyl halides is 2. The van der Waals surface area contributed by atoms with Gasteiger partial charge in [0.1, 0.15) is 0 Å². The highest BCUT2D eigenvalue weighted by Gasteiger charge is 2.55. The van der Waals surface area contributed by atoms with Crippen LogP contribution in [0.15, 0.2) is 30.3 Å². The number of fused-ring (bicyclic) bond motifs is 1. The smallest absolute Gasteiger partial charge is 0.259 e. The van der Waals surface area contributed by atoms with Crippen molar-refractivity contribution in [2.24, 2.45) is 17.8 Å². The first-order chi connectivity index (χ1) is 12.9. The number of nitrogens with zero attached hydrogens (tertiary/aromatic N) is 1. The van der Waals surface area contributed by atoms with Gasteiger partial charge in [-0.2, -0.15) is 0 Å². The van der Waals surface area contributed by atoms with Gasteiger partial charge in [-0.15, -0.1) is 0 Å². The van der Waals surface area contributed by atoms with Crippen LogP contribution in [-0.4, -0.2) is 48.0 Å². The molecule has 2 N–H and O–H groups in total. The minimum Gasteiger partial charge on any atom is -0.375 e. The van der Waals surface area contributed by atoms with Gasteiger partial charge in [-0.05, 0) is 49.8 Å². The second kappa shape index (κ2) is 7.13. The number of carbonyl (C=O) groups excluding carboxylic acids is 1. The molecule has 4 nitrogen and oxygen atoms in total. The Hall–Kier alpha value is -1.53. The Kier molecular flexibility index (Phi) is 4.97. The maximum atomic E-state index is 13.9. The van der Waals surface area contributed by atoms with Gasteiger partial charge >= 0.3 is 0 Å². The molecule has 3 fully saturated rings. The average Bonchev–Trinajstić information content (AvgIpc) is 3.17. The van der Waals surface area contributed by atoms with Gasteiger partial charge in [-0.3, -0.25) is 4.79 Å². The molecule has 1 aromatic carbocycles. The Balaban J connectivity index is 1.62. The molecule has 148 valence electrons. The van der Waals surface area contributed by atoms with Crippen LogP contribution >= 0.6 is 0 Å². The van der Waals surface area contributed by atoms with Gasteiger partial charge in [0.05, 0.1) is 0 Å². The number of amides is 1. The van der Waals surface area contributed by atoms with E-state index < -0.39 is 29.8 Å². The quantitative estimate of drug-likeness (QED) is 0.850. The Morgan fingerprint density at radius 2 is 1.93 bits per heavy atom. The standard InChI is InChI=1S/C21H28F2N2O2/c22-20(23)9-8-18(11-20)21(27,17-6-2-1-3-7-17)19(26)25-13-15-5-4-10-24-12-16(15)14-25/h1-3,6-7,15-16,18,24,27H,4-5,8-14H2/t15?,16?,18-,21+/m1/s1. The Morgan fingerprint density at radius 3 is 2.63 bits per heavy atom. The second-order valence-corrected chi connectivity index (χ2v) is 8.50. The fourth-order valence-electron chi connectivity index (χ4n) is 5.21. The molecular weight excluding hydrogens is 350 g/mol. The third kappa shape index (κ3) is 3.49. The third-order valence-corrected chi connectivity index (χ3v) is 6.73. The molecule has 0 bridgehead atoms. The Bertz CT molecular complexity index is 670. The molecule has 2 saturated heterocycles. The summed E-state index contributed by atoms with van der Waals surface area (Å²) >= 11 is 0. The molecular formula is C21H28F2N2O2. The highest BCUT2D eigenvalue weighted by molar-refractivity contribution is 5.87. The predicted octanol–water partition coefficient (Wildman–Crippen LogP) is 2.77. The van der Waals surface area contributed by atoms with E-state index in [9.17, 15) is 18.7 Å². The van der Waals surface area contributed by atoms with E-state index >= 15 is 0 Å². The summed E-state index contributed by atoms with van der Waals surface area (Å²) in [5.41, 5.74) is -1.44. The van der Waals surface area contributed by atoms with E-state index in [-0.39, 0.29) is 12.8 Å². The SMILES string of the molecule is O=C(N1CC2CCCNCC2C1)[C@](O)(c1ccccc1)[C@@H]1CCC(F)(F)C1. The fraction of sp³-hybridized carbons (Fsp3) is 0.667. The van der Waals surface area contributed by atoms with E-state index in [1.54, 1.807) is 35.2 Å². The number of nitrogens with one attached hydrogen (secondary N) is 1. The summed E-state index contributed by atoms with van der Waals surface area (Å²) in [5.74, 6) is -3.17. The van der Waals surface area contributed by atoms with E-state index in [0.29, 0.717) is 30.5 Å². The van der Waals surface area contributed by atoms with E-state index in [4.69, 9.17) is 0 Å². The molecule has 2 unspecified atom stereocenters. The maximum Gasteiger partial charge on any atom is 0.259 e. The lowest BCUT2D eigenvalue weighted by molar-refractivity contribution is -0.159. The van der Waals surface area contributed by atoms with E-state index in [0.717, 1.165) is 25.9 Å². The van der Waals surface area contributed by atoms with Crippen molar-refractivity contribution in [3.8, 4) is 0 Å². The largest absolute Gasteiger partial charge is 0.375 e. The highest BCUT2D eigenvalue weighted by atomic mass is 19.3. The average molecular weight is 378 g/mol. The van der Waals surface area contributed by atoms with Crippen molar-refractivity contribution in [3.63, 3.8) is 0 Å². The van der Waals surface area contributed by atoms with Gasteiger partial charge in [0.25, 0.3) is 5.91 Å². The van der Waals surface area contributed by atoms with Crippen molar-refractivity contribution >= 4 is 5.91 Å². The predicted molar refractivity (Wildman–Crippen MR) is 98.3 cm³/mol. The van der Waals surface area contributed by atoms with Crippen molar-refractivity contribution in [2.75, 3.05) is 26.2 Å². The fourth-order valence-corrected chi connectivity index (χ4v) is 5.21. The number of carbonyl (C=O) groups is 1. The zero-order valence-corrected chi connectivity index (χ0v) is 15.5. The number of likely N-dealkylation sites (tertiary alicyclic amines) is 1. The monoisotopic (exact) mass is 378 g/mol. The molecule has 2 aliphatic heterocycles. The van der Waals surface area contributed by atoms with Gasteiger partial charge in [0.2, 0.25) is 5.92 Å². The van der Waals surface area contributed by atoms with Crippen LogP contribution in [0.5, 0.6) is 0 Å². The molecule has 27 heavy (non-hydrogen) atoms. The number of hydrogen-bond acceptors (Lipinski definition) is 3. The first-order valence-electron chi connectivity index (χ1n) is 10.1. The number of benzene rings is 1. The van der Waals surface area contributed by atoms with Gasteiger partial charge < -0.3 is 15.3 Å². The number of aliphatic hydroxyl groups is 1. The lowest BCUT2D eigenvalue weighted by Crippen LogP contribution is -2.50. The zero-order chi connectivity index (χ0) is 19.1. The van der Waals surface area contributed by atoms with Crippen molar-refractivity contribution in [2.45, 2.75) is 43.6 Å². The Morgan fingerprint density at radius 1 is 1.19 bits per heavy atom. The lowest BCUT2D eigenvalue weighted by Gasteiger charge is -2.36. The molecule has 1 aromatic rings. The van der Waals surface area contributed by atoms with Gasteiger partial charge in [0.15, 0.2) is 5.60 Å². The van der Waals surface area contributed by atoms with Crippen LogP contribution in [0.1, 0.15) is 37.7 Å². The number of rotatable bonds is 3. The van der Waals surface area contributed by atoms with Crippen LogP contribution < -0.4 is 5.32 Å². The number of hydrogen-bond donors (Lipinski definition) is 2.